The van der Waals surface area contributed by atoms with Crippen LogP contribution in [0.1, 0.15) is 38.9 Å². The van der Waals surface area contributed by atoms with Gasteiger partial charge in [0, 0.05) is 18.5 Å². The first kappa shape index (κ1) is 13.7. The van der Waals surface area contributed by atoms with Gasteiger partial charge in [0.05, 0.1) is 6.10 Å². The van der Waals surface area contributed by atoms with Crippen molar-refractivity contribution < 1.29 is 5.11 Å². The minimum absolute atomic E-state index is 0.237. The van der Waals surface area contributed by atoms with Crippen molar-refractivity contribution in [1.82, 2.24) is 9.97 Å². The topological polar surface area (TPSA) is 96.1 Å². The van der Waals surface area contributed by atoms with E-state index < -0.39 is 0 Å². The number of anilines is 2. The van der Waals surface area contributed by atoms with E-state index in [-0.39, 0.29) is 12.0 Å². The number of rotatable bonds is 6. The van der Waals surface area contributed by atoms with Crippen molar-refractivity contribution in [2.24, 2.45) is 5.84 Å². The van der Waals surface area contributed by atoms with Gasteiger partial charge in [-0.2, -0.15) is 0 Å². The van der Waals surface area contributed by atoms with Crippen LogP contribution < -0.4 is 16.6 Å². The van der Waals surface area contributed by atoms with Crippen LogP contribution in [-0.4, -0.2) is 27.7 Å². The molecule has 6 nitrogen and oxygen atoms in total. The van der Waals surface area contributed by atoms with Gasteiger partial charge in [0.2, 0.25) is 0 Å². The Hall–Kier alpha value is -1.40. The predicted molar refractivity (Wildman–Crippen MR) is 68.7 cm³/mol. The number of hydrogen-bond acceptors (Lipinski definition) is 6. The second-order valence-electron chi connectivity index (χ2n) is 4.36. The highest BCUT2D eigenvalue weighted by molar-refractivity contribution is 5.47. The Kier molecular flexibility index (Phi) is 5.11. The van der Waals surface area contributed by atoms with Gasteiger partial charge in [-0.1, -0.05) is 13.8 Å². The number of hydrazine groups is 1. The Morgan fingerprint density at radius 3 is 2.47 bits per heavy atom. The van der Waals surface area contributed by atoms with Crippen LogP contribution in [0.15, 0.2) is 6.07 Å². The molecule has 0 spiro atoms. The second kappa shape index (κ2) is 6.36. The van der Waals surface area contributed by atoms with E-state index in [1.54, 1.807) is 13.0 Å². The van der Waals surface area contributed by atoms with Gasteiger partial charge in [-0.15, -0.1) is 0 Å². The Bertz CT molecular complexity index is 354. The number of aliphatic hydroxyl groups excluding tert-OH is 1. The van der Waals surface area contributed by atoms with Crippen LogP contribution in [0.4, 0.5) is 11.6 Å². The van der Waals surface area contributed by atoms with Crippen molar-refractivity contribution in [3.8, 4) is 0 Å². The summed E-state index contributed by atoms with van der Waals surface area (Å²) in [5.41, 5.74) is 2.52. The number of aromatic nitrogens is 2. The average molecular weight is 239 g/mol. The Morgan fingerprint density at radius 1 is 1.29 bits per heavy atom. The standard InChI is InChI=1S/C11H21N5O/c1-7(2)11-14-9(6-10(15-11)16-12)13-5-4-8(3)17/h6-8,17H,4-5,12H2,1-3H3,(H2,13,14,15,16). The molecule has 1 aromatic heterocycles. The molecule has 0 aliphatic carbocycles. The third kappa shape index (κ3) is 4.54. The Labute approximate surface area is 102 Å². The zero-order chi connectivity index (χ0) is 12.8. The summed E-state index contributed by atoms with van der Waals surface area (Å²) in [4.78, 5) is 8.64. The summed E-state index contributed by atoms with van der Waals surface area (Å²) in [6, 6.07) is 1.74. The Morgan fingerprint density at radius 2 is 1.94 bits per heavy atom. The summed E-state index contributed by atoms with van der Waals surface area (Å²) in [5, 5.41) is 12.3. The fourth-order valence-electron chi connectivity index (χ4n) is 1.30. The smallest absolute Gasteiger partial charge is 0.145 e. The van der Waals surface area contributed by atoms with Gasteiger partial charge in [0.1, 0.15) is 17.5 Å². The van der Waals surface area contributed by atoms with Gasteiger partial charge >= 0.3 is 0 Å². The molecule has 0 radical (unpaired) electrons. The van der Waals surface area contributed by atoms with Crippen molar-refractivity contribution in [1.29, 1.82) is 0 Å². The van der Waals surface area contributed by atoms with E-state index in [4.69, 9.17) is 10.9 Å². The molecule has 1 rings (SSSR count). The predicted octanol–water partition coefficient (Wildman–Crippen LogP) is 1.07. The highest BCUT2D eigenvalue weighted by Gasteiger charge is 2.07. The lowest BCUT2D eigenvalue weighted by atomic mass is 10.2. The maximum absolute atomic E-state index is 9.17. The lowest BCUT2D eigenvalue weighted by Crippen LogP contribution is -2.14. The minimum atomic E-state index is -0.319. The first-order chi connectivity index (χ1) is 8.02. The molecule has 0 fully saturated rings. The van der Waals surface area contributed by atoms with Crippen LogP contribution >= 0.6 is 0 Å². The molecule has 0 aliphatic rings. The summed E-state index contributed by atoms with van der Waals surface area (Å²) in [5.74, 6) is 7.64. The summed E-state index contributed by atoms with van der Waals surface area (Å²) < 4.78 is 0. The molecular formula is C11H21N5O. The molecule has 0 saturated carbocycles. The number of nitrogen functional groups attached to an aromatic ring is 1. The molecule has 0 aromatic carbocycles. The van der Waals surface area contributed by atoms with Crippen LogP contribution in [0.25, 0.3) is 0 Å². The zero-order valence-electron chi connectivity index (χ0n) is 10.6. The molecule has 0 aliphatic heterocycles. The maximum Gasteiger partial charge on any atom is 0.145 e. The zero-order valence-corrected chi connectivity index (χ0v) is 10.6. The first-order valence-electron chi connectivity index (χ1n) is 5.80. The number of aliphatic hydroxyl groups is 1. The van der Waals surface area contributed by atoms with Gasteiger partial charge in [0.15, 0.2) is 0 Å². The number of nitrogens with one attached hydrogen (secondary N) is 2. The van der Waals surface area contributed by atoms with Crippen molar-refractivity contribution in [3.63, 3.8) is 0 Å². The fourth-order valence-corrected chi connectivity index (χ4v) is 1.30. The average Bonchev–Trinajstić information content (AvgIpc) is 2.28. The van der Waals surface area contributed by atoms with Gasteiger partial charge in [-0.25, -0.2) is 15.8 Å². The van der Waals surface area contributed by atoms with E-state index in [1.807, 2.05) is 13.8 Å². The molecule has 96 valence electrons. The SMILES string of the molecule is CC(O)CCNc1cc(NN)nc(C(C)C)n1. The first-order valence-corrected chi connectivity index (χ1v) is 5.80. The van der Waals surface area contributed by atoms with E-state index in [2.05, 4.69) is 20.7 Å². The molecule has 1 heterocycles. The largest absolute Gasteiger partial charge is 0.393 e. The highest BCUT2D eigenvalue weighted by Crippen LogP contribution is 2.16. The van der Waals surface area contributed by atoms with E-state index >= 15 is 0 Å². The van der Waals surface area contributed by atoms with Crippen LogP contribution in [0, 0.1) is 0 Å². The highest BCUT2D eigenvalue weighted by atomic mass is 16.3. The summed E-state index contributed by atoms with van der Waals surface area (Å²) >= 11 is 0. The van der Waals surface area contributed by atoms with Gasteiger partial charge < -0.3 is 15.8 Å². The molecular weight excluding hydrogens is 218 g/mol. The number of hydrogen-bond donors (Lipinski definition) is 4. The molecule has 0 bridgehead atoms. The lowest BCUT2D eigenvalue weighted by Gasteiger charge is -2.11. The molecule has 0 amide bonds. The van der Waals surface area contributed by atoms with E-state index in [0.717, 1.165) is 11.6 Å². The third-order valence-electron chi connectivity index (χ3n) is 2.28. The van der Waals surface area contributed by atoms with E-state index in [1.165, 1.54) is 0 Å². The minimum Gasteiger partial charge on any atom is -0.393 e. The van der Waals surface area contributed by atoms with E-state index in [0.29, 0.717) is 18.8 Å². The quantitative estimate of drug-likeness (QED) is 0.438. The van der Waals surface area contributed by atoms with Crippen LogP contribution in [0.5, 0.6) is 0 Å². The van der Waals surface area contributed by atoms with Crippen molar-refractivity contribution in [3.05, 3.63) is 11.9 Å². The summed E-state index contributed by atoms with van der Waals surface area (Å²) in [7, 11) is 0. The lowest BCUT2D eigenvalue weighted by molar-refractivity contribution is 0.188. The van der Waals surface area contributed by atoms with Crippen LogP contribution in [-0.2, 0) is 0 Å². The van der Waals surface area contributed by atoms with Gasteiger partial charge in [-0.3, -0.25) is 0 Å². The van der Waals surface area contributed by atoms with Gasteiger partial charge in [-0.05, 0) is 13.3 Å². The summed E-state index contributed by atoms with van der Waals surface area (Å²) in [6.45, 7) is 6.47. The maximum atomic E-state index is 9.17. The molecule has 1 aromatic rings. The van der Waals surface area contributed by atoms with Crippen molar-refractivity contribution in [2.45, 2.75) is 39.2 Å². The molecule has 1 unspecified atom stereocenters. The Balaban J connectivity index is 2.73. The molecule has 17 heavy (non-hydrogen) atoms. The molecule has 6 heteroatoms. The van der Waals surface area contributed by atoms with Crippen molar-refractivity contribution in [2.75, 3.05) is 17.3 Å². The van der Waals surface area contributed by atoms with Gasteiger partial charge in [0.25, 0.3) is 0 Å². The van der Waals surface area contributed by atoms with Crippen LogP contribution in [0.3, 0.4) is 0 Å². The third-order valence-corrected chi connectivity index (χ3v) is 2.28. The van der Waals surface area contributed by atoms with Crippen LogP contribution in [0.2, 0.25) is 0 Å². The molecule has 5 N–H and O–H groups in total. The van der Waals surface area contributed by atoms with E-state index in [9.17, 15) is 0 Å². The number of nitrogens with zero attached hydrogens (tertiary/aromatic N) is 2. The fraction of sp³-hybridized carbons (Fsp3) is 0.636. The monoisotopic (exact) mass is 239 g/mol. The summed E-state index contributed by atoms with van der Waals surface area (Å²) in [6.07, 6.45) is 0.355. The normalized spacial score (nSPS) is 12.6. The second-order valence-corrected chi connectivity index (χ2v) is 4.36. The number of nitrogens with two attached hydrogens (primary N) is 1. The molecule has 0 saturated heterocycles. The molecule has 1 atom stereocenters. The van der Waals surface area contributed by atoms with Crippen molar-refractivity contribution >= 4 is 11.6 Å².